The third-order valence-corrected chi connectivity index (χ3v) is 5.36. The fourth-order valence-corrected chi connectivity index (χ4v) is 3.85. The van der Waals surface area contributed by atoms with E-state index in [2.05, 4.69) is 0 Å². The van der Waals surface area contributed by atoms with E-state index in [1.807, 2.05) is 27.7 Å². The fourth-order valence-electron chi connectivity index (χ4n) is 3.55. The number of ether oxygens (including phenoxy) is 1. The Morgan fingerprint density at radius 1 is 1.19 bits per heavy atom. The lowest BCUT2D eigenvalue weighted by Crippen LogP contribution is -2.60. The topological polar surface area (TPSA) is 46.6 Å². The van der Waals surface area contributed by atoms with Crippen LogP contribution in [0.25, 0.3) is 0 Å². The van der Waals surface area contributed by atoms with Crippen LogP contribution in [-0.2, 0) is 4.74 Å². The van der Waals surface area contributed by atoms with Crippen molar-refractivity contribution < 1.29 is 14.3 Å². The number of rotatable bonds is 4. The molecule has 0 bridgehead atoms. The Hall–Kier alpha value is -1.26. The summed E-state index contributed by atoms with van der Waals surface area (Å²) in [5.41, 5.74) is -1.03. The van der Waals surface area contributed by atoms with Crippen molar-refractivity contribution in [3.8, 4) is 0 Å². The Kier molecular flexibility index (Phi) is 6.62. The summed E-state index contributed by atoms with van der Waals surface area (Å²) in [6, 6.07) is 4.89. The highest BCUT2D eigenvalue weighted by atomic mass is 35.5. The number of hydrogen-bond donors (Lipinski definition) is 0. The molecule has 1 aromatic rings. The Labute approximate surface area is 165 Å². The first-order valence-electron chi connectivity index (χ1n) is 9.11. The molecule has 0 radical (unpaired) electrons. The van der Waals surface area contributed by atoms with E-state index in [0.717, 1.165) is 19.3 Å². The van der Waals surface area contributed by atoms with E-state index in [1.54, 1.807) is 23.1 Å². The van der Waals surface area contributed by atoms with Crippen LogP contribution < -0.4 is 0 Å². The van der Waals surface area contributed by atoms with Gasteiger partial charge in [-0.2, -0.15) is 0 Å². The van der Waals surface area contributed by atoms with Gasteiger partial charge in [0.25, 0.3) is 0 Å². The summed E-state index contributed by atoms with van der Waals surface area (Å²) in [4.78, 5) is 28.0. The van der Waals surface area contributed by atoms with Crippen molar-refractivity contribution >= 4 is 35.1 Å². The number of carbonyl (C=O) groups is 2. The molecule has 144 valence electrons. The zero-order valence-electron chi connectivity index (χ0n) is 15.9. The van der Waals surface area contributed by atoms with Gasteiger partial charge in [0.15, 0.2) is 5.78 Å². The van der Waals surface area contributed by atoms with Gasteiger partial charge in [0.05, 0.1) is 10.0 Å². The number of nitrogens with zero attached hydrogens (tertiary/aromatic N) is 1. The lowest BCUT2D eigenvalue weighted by Gasteiger charge is -2.46. The first-order valence-corrected chi connectivity index (χ1v) is 9.87. The average Bonchev–Trinajstić information content (AvgIpc) is 2.55. The summed E-state index contributed by atoms with van der Waals surface area (Å²) < 4.78 is 5.60. The highest BCUT2D eigenvalue weighted by molar-refractivity contribution is 6.42. The third kappa shape index (κ3) is 4.52. The number of Topliss-reactive ketones (excluding diaryl/α,β-unsaturated/α-hetero) is 1. The lowest BCUT2D eigenvalue weighted by atomic mass is 9.77. The standard InChI is InChI=1S/C20H27Cl2NO3/c1-5-10-20(17(24)14-8-9-15(21)16(22)13-14)11-6-7-12-23(20)18(25)26-19(2,3)4/h8-9,13H,5-7,10-12H2,1-4H3. The highest BCUT2D eigenvalue weighted by Crippen LogP contribution is 2.37. The van der Waals surface area contributed by atoms with Crippen LogP contribution >= 0.6 is 23.2 Å². The minimum absolute atomic E-state index is 0.0940. The predicted octanol–water partition coefficient (Wildman–Crippen LogP) is 6.14. The molecule has 26 heavy (non-hydrogen) atoms. The predicted molar refractivity (Wildman–Crippen MR) is 105 cm³/mol. The second-order valence-corrected chi connectivity index (χ2v) is 8.64. The summed E-state index contributed by atoms with van der Waals surface area (Å²) in [6.07, 6.45) is 3.32. The average molecular weight is 400 g/mol. The molecular formula is C20H27Cl2NO3. The Balaban J connectivity index is 2.44. The monoisotopic (exact) mass is 399 g/mol. The second-order valence-electron chi connectivity index (χ2n) is 7.83. The molecule has 1 aromatic carbocycles. The summed E-state index contributed by atoms with van der Waals surface area (Å²) in [5.74, 6) is -0.0940. The SMILES string of the molecule is CCCC1(C(=O)c2ccc(Cl)c(Cl)c2)CCCCN1C(=O)OC(C)(C)C. The van der Waals surface area contributed by atoms with Gasteiger partial charge in [-0.1, -0.05) is 36.5 Å². The minimum Gasteiger partial charge on any atom is -0.444 e. The van der Waals surface area contributed by atoms with E-state index in [9.17, 15) is 9.59 Å². The van der Waals surface area contributed by atoms with Crippen LogP contribution in [0.4, 0.5) is 4.79 Å². The summed E-state index contributed by atoms with van der Waals surface area (Å²) in [6.45, 7) is 8.03. The van der Waals surface area contributed by atoms with E-state index in [-0.39, 0.29) is 5.78 Å². The lowest BCUT2D eigenvalue weighted by molar-refractivity contribution is -0.0133. The molecule has 0 spiro atoms. The molecule has 1 atom stereocenters. The zero-order chi connectivity index (χ0) is 19.5. The maximum atomic E-state index is 13.5. The number of halogens is 2. The number of piperidine rings is 1. The van der Waals surface area contributed by atoms with E-state index >= 15 is 0 Å². The molecule has 6 heteroatoms. The third-order valence-electron chi connectivity index (χ3n) is 4.62. The van der Waals surface area contributed by atoms with Crippen molar-refractivity contribution in [3.63, 3.8) is 0 Å². The Morgan fingerprint density at radius 3 is 2.46 bits per heavy atom. The largest absolute Gasteiger partial charge is 0.444 e. The van der Waals surface area contributed by atoms with E-state index < -0.39 is 17.2 Å². The van der Waals surface area contributed by atoms with Crippen molar-refractivity contribution in [2.24, 2.45) is 0 Å². The van der Waals surface area contributed by atoms with Crippen LogP contribution in [0.1, 0.15) is 70.2 Å². The van der Waals surface area contributed by atoms with Crippen molar-refractivity contribution in [1.82, 2.24) is 4.90 Å². The molecule has 1 heterocycles. The first kappa shape index (κ1) is 21.0. The molecule has 1 unspecified atom stereocenters. The number of amides is 1. The van der Waals surface area contributed by atoms with Crippen LogP contribution in [0.3, 0.4) is 0 Å². The van der Waals surface area contributed by atoms with Gasteiger partial charge in [0, 0.05) is 12.1 Å². The van der Waals surface area contributed by atoms with Gasteiger partial charge in [-0.05, 0) is 64.7 Å². The van der Waals surface area contributed by atoms with Crippen molar-refractivity contribution in [3.05, 3.63) is 33.8 Å². The Bertz CT molecular complexity index is 680. The van der Waals surface area contributed by atoms with Crippen molar-refractivity contribution in [2.45, 2.75) is 70.9 Å². The number of ketones is 1. The van der Waals surface area contributed by atoms with Crippen molar-refractivity contribution in [1.29, 1.82) is 0 Å². The smallest absolute Gasteiger partial charge is 0.411 e. The minimum atomic E-state index is -0.896. The van der Waals surface area contributed by atoms with Gasteiger partial charge in [-0.3, -0.25) is 9.69 Å². The molecule has 1 aliphatic rings. The quantitative estimate of drug-likeness (QED) is 0.571. The number of benzene rings is 1. The van der Waals surface area contributed by atoms with Gasteiger partial charge in [-0.25, -0.2) is 4.79 Å². The molecule has 0 saturated carbocycles. The molecule has 0 aliphatic carbocycles. The van der Waals surface area contributed by atoms with Gasteiger partial charge in [0.2, 0.25) is 0 Å². The first-order chi connectivity index (χ1) is 12.1. The van der Waals surface area contributed by atoms with Crippen LogP contribution in [0.15, 0.2) is 18.2 Å². The van der Waals surface area contributed by atoms with Gasteiger partial charge >= 0.3 is 6.09 Å². The fraction of sp³-hybridized carbons (Fsp3) is 0.600. The van der Waals surface area contributed by atoms with Crippen LogP contribution in [0.2, 0.25) is 10.0 Å². The number of likely N-dealkylation sites (tertiary alicyclic amines) is 1. The van der Waals surface area contributed by atoms with E-state index in [1.165, 1.54) is 0 Å². The Morgan fingerprint density at radius 2 is 1.88 bits per heavy atom. The second kappa shape index (κ2) is 8.18. The van der Waals surface area contributed by atoms with E-state index in [0.29, 0.717) is 35.0 Å². The molecule has 1 aliphatic heterocycles. The normalized spacial score (nSPS) is 20.8. The molecule has 0 aromatic heterocycles. The van der Waals surface area contributed by atoms with Crippen molar-refractivity contribution in [2.75, 3.05) is 6.54 Å². The maximum absolute atomic E-state index is 13.5. The molecular weight excluding hydrogens is 373 g/mol. The van der Waals surface area contributed by atoms with Crippen LogP contribution in [0.5, 0.6) is 0 Å². The van der Waals surface area contributed by atoms with Gasteiger partial charge < -0.3 is 4.74 Å². The highest BCUT2D eigenvalue weighted by Gasteiger charge is 2.48. The molecule has 1 saturated heterocycles. The maximum Gasteiger partial charge on any atom is 0.411 e. The van der Waals surface area contributed by atoms with Gasteiger partial charge in [0.1, 0.15) is 11.1 Å². The molecule has 1 amide bonds. The van der Waals surface area contributed by atoms with Crippen LogP contribution in [0, 0.1) is 0 Å². The number of carbonyl (C=O) groups excluding carboxylic acids is 2. The summed E-state index contributed by atoms with van der Waals surface area (Å²) in [7, 11) is 0. The molecule has 0 N–H and O–H groups in total. The van der Waals surface area contributed by atoms with Crippen LogP contribution in [-0.4, -0.2) is 34.5 Å². The van der Waals surface area contributed by atoms with E-state index in [4.69, 9.17) is 27.9 Å². The molecule has 2 rings (SSSR count). The molecule has 4 nitrogen and oxygen atoms in total. The molecule has 1 fully saturated rings. The summed E-state index contributed by atoms with van der Waals surface area (Å²) >= 11 is 12.1. The zero-order valence-corrected chi connectivity index (χ0v) is 17.4. The van der Waals surface area contributed by atoms with Gasteiger partial charge in [-0.15, -0.1) is 0 Å². The summed E-state index contributed by atoms with van der Waals surface area (Å²) in [5, 5.41) is 0.740. The number of hydrogen-bond acceptors (Lipinski definition) is 3.